The van der Waals surface area contributed by atoms with Gasteiger partial charge < -0.3 is 0 Å². The summed E-state index contributed by atoms with van der Waals surface area (Å²) in [5.74, 6) is 1.64. The summed E-state index contributed by atoms with van der Waals surface area (Å²) in [6, 6.07) is 0. The van der Waals surface area contributed by atoms with Crippen molar-refractivity contribution in [2.75, 3.05) is 5.88 Å². The summed E-state index contributed by atoms with van der Waals surface area (Å²) >= 11 is 5.38. The van der Waals surface area contributed by atoms with E-state index in [9.17, 15) is 0 Å². The summed E-state index contributed by atoms with van der Waals surface area (Å²) in [4.78, 5) is 0. The van der Waals surface area contributed by atoms with Crippen LogP contribution >= 0.6 is 11.6 Å². The Morgan fingerprint density at radius 2 is 1.85 bits per heavy atom. The fourth-order valence-electron chi connectivity index (χ4n) is 0.753. The zero-order chi connectivity index (χ0) is 10.5. The maximum absolute atomic E-state index is 5.38. The topological polar surface area (TPSA) is 0 Å². The van der Waals surface area contributed by atoms with Gasteiger partial charge in [-0.2, -0.15) is 0 Å². The van der Waals surface area contributed by atoms with Gasteiger partial charge in [0, 0.05) is 5.88 Å². The van der Waals surface area contributed by atoms with Crippen molar-refractivity contribution >= 4 is 11.6 Å². The van der Waals surface area contributed by atoms with E-state index < -0.39 is 0 Å². The zero-order valence-corrected chi connectivity index (χ0v) is 10.4. The van der Waals surface area contributed by atoms with E-state index in [1.807, 2.05) is 0 Å². The van der Waals surface area contributed by atoms with Crippen LogP contribution in [-0.4, -0.2) is 5.88 Å². The van der Waals surface area contributed by atoms with Gasteiger partial charge in [-0.3, -0.25) is 0 Å². The molecule has 0 aliphatic carbocycles. The SMILES string of the molecule is C/C=C/CC(C)C.CCCCCCl. The van der Waals surface area contributed by atoms with Crippen LogP contribution in [-0.2, 0) is 0 Å². The van der Waals surface area contributed by atoms with Crippen molar-refractivity contribution in [1.82, 2.24) is 0 Å². The monoisotopic (exact) mass is 204 g/mol. The Morgan fingerprint density at radius 3 is 2.00 bits per heavy atom. The number of hydrogen-bond donors (Lipinski definition) is 0. The number of alkyl halides is 1. The van der Waals surface area contributed by atoms with Crippen molar-refractivity contribution in [2.24, 2.45) is 5.92 Å². The van der Waals surface area contributed by atoms with E-state index in [1.54, 1.807) is 0 Å². The highest BCUT2D eigenvalue weighted by atomic mass is 35.5. The Balaban J connectivity index is 0. The largest absolute Gasteiger partial charge is 0.127 e. The second-order valence-corrected chi connectivity index (χ2v) is 3.97. The highest BCUT2D eigenvalue weighted by Gasteiger charge is 1.83. The lowest BCUT2D eigenvalue weighted by Crippen LogP contribution is -1.79. The van der Waals surface area contributed by atoms with Gasteiger partial charge in [-0.1, -0.05) is 45.8 Å². The minimum absolute atomic E-state index is 0.816. The zero-order valence-electron chi connectivity index (χ0n) is 9.65. The number of halogens is 1. The molecule has 0 N–H and O–H groups in total. The Labute approximate surface area is 89.4 Å². The summed E-state index contributed by atoms with van der Waals surface area (Å²) in [6.07, 6.45) is 9.25. The highest BCUT2D eigenvalue weighted by molar-refractivity contribution is 6.17. The number of allylic oxidation sites excluding steroid dienone is 2. The van der Waals surface area contributed by atoms with Crippen molar-refractivity contribution in [3.63, 3.8) is 0 Å². The van der Waals surface area contributed by atoms with E-state index in [1.165, 1.54) is 25.7 Å². The highest BCUT2D eigenvalue weighted by Crippen LogP contribution is 1.98. The molecule has 13 heavy (non-hydrogen) atoms. The van der Waals surface area contributed by atoms with Gasteiger partial charge in [0.2, 0.25) is 0 Å². The van der Waals surface area contributed by atoms with E-state index in [0.29, 0.717) is 0 Å². The second-order valence-electron chi connectivity index (χ2n) is 3.59. The third-order valence-corrected chi connectivity index (χ3v) is 1.85. The molecule has 0 aromatic rings. The van der Waals surface area contributed by atoms with Gasteiger partial charge in [-0.15, -0.1) is 11.6 Å². The third-order valence-electron chi connectivity index (χ3n) is 1.58. The fourth-order valence-corrected chi connectivity index (χ4v) is 0.942. The number of unbranched alkanes of at least 4 members (excludes halogenated alkanes) is 2. The van der Waals surface area contributed by atoms with Crippen molar-refractivity contribution in [1.29, 1.82) is 0 Å². The Hall–Kier alpha value is 0.0300. The van der Waals surface area contributed by atoms with Crippen LogP contribution in [0.1, 0.15) is 53.4 Å². The molecule has 0 amide bonds. The average molecular weight is 205 g/mol. The Kier molecular flexibility index (Phi) is 17.3. The molecule has 80 valence electrons. The smallest absolute Gasteiger partial charge is 0.0223 e. The van der Waals surface area contributed by atoms with Crippen molar-refractivity contribution in [2.45, 2.75) is 53.4 Å². The second kappa shape index (κ2) is 14.5. The minimum Gasteiger partial charge on any atom is -0.127 e. The van der Waals surface area contributed by atoms with E-state index in [2.05, 4.69) is 39.8 Å². The Bertz CT molecular complexity index is 91.3. The molecular formula is C12H25Cl. The van der Waals surface area contributed by atoms with Gasteiger partial charge in [0.05, 0.1) is 0 Å². The molecule has 1 heteroatoms. The van der Waals surface area contributed by atoms with E-state index in [-0.39, 0.29) is 0 Å². The summed E-state index contributed by atoms with van der Waals surface area (Å²) in [7, 11) is 0. The molecule has 0 atom stereocenters. The number of hydrogen-bond acceptors (Lipinski definition) is 0. The summed E-state index contributed by atoms with van der Waals surface area (Å²) in [6.45, 7) is 8.68. The van der Waals surface area contributed by atoms with Gasteiger partial charge in [0.1, 0.15) is 0 Å². The van der Waals surface area contributed by atoms with Gasteiger partial charge in [-0.05, 0) is 25.7 Å². The third kappa shape index (κ3) is 24.5. The predicted octanol–water partition coefficient (Wildman–Crippen LogP) is 5.02. The van der Waals surface area contributed by atoms with Crippen molar-refractivity contribution in [3.8, 4) is 0 Å². The van der Waals surface area contributed by atoms with Crippen molar-refractivity contribution in [3.05, 3.63) is 12.2 Å². The quantitative estimate of drug-likeness (QED) is 0.335. The lowest BCUT2D eigenvalue weighted by atomic mass is 10.1. The molecule has 0 unspecified atom stereocenters. The van der Waals surface area contributed by atoms with Crippen LogP contribution in [0, 0.1) is 5.92 Å². The van der Waals surface area contributed by atoms with Gasteiger partial charge >= 0.3 is 0 Å². The fraction of sp³-hybridized carbons (Fsp3) is 0.833. The predicted molar refractivity (Wildman–Crippen MR) is 64.5 cm³/mol. The van der Waals surface area contributed by atoms with Crippen LogP contribution in [0.2, 0.25) is 0 Å². The molecule has 0 radical (unpaired) electrons. The van der Waals surface area contributed by atoms with Crippen molar-refractivity contribution < 1.29 is 0 Å². The van der Waals surface area contributed by atoms with Gasteiger partial charge in [0.25, 0.3) is 0 Å². The molecule has 0 rings (SSSR count). The summed E-state index contributed by atoms with van der Waals surface area (Å²) in [5.41, 5.74) is 0. The standard InChI is InChI=1S/C7H14.C5H11Cl/c1-4-5-6-7(2)3;1-2-3-4-5-6/h4-5,7H,6H2,1-3H3;2-5H2,1H3/b5-4+;. The molecule has 0 heterocycles. The molecule has 0 aromatic heterocycles. The average Bonchev–Trinajstić information content (AvgIpc) is 2.12. The van der Waals surface area contributed by atoms with Gasteiger partial charge in [-0.25, -0.2) is 0 Å². The minimum atomic E-state index is 0.816. The summed E-state index contributed by atoms with van der Waals surface area (Å²) in [5, 5.41) is 0. The molecular weight excluding hydrogens is 180 g/mol. The maximum Gasteiger partial charge on any atom is 0.0223 e. The molecule has 0 aliphatic rings. The lowest BCUT2D eigenvalue weighted by molar-refractivity contribution is 0.663. The first-order chi connectivity index (χ1) is 6.18. The van der Waals surface area contributed by atoms with E-state index in [4.69, 9.17) is 11.6 Å². The van der Waals surface area contributed by atoms with Crippen LogP contribution in [0.25, 0.3) is 0 Å². The van der Waals surface area contributed by atoms with E-state index in [0.717, 1.165) is 11.8 Å². The molecule has 0 nitrogen and oxygen atoms in total. The Morgan fingerprint density at radius 1 is 1.23 bits per heavy atom. The molecule has 0 saturated carbocycles. The number of rotatable bonds is 5. The van der Waals surface area contributed by atoms with Crippen LogP contribution in [0.15, 0.2) is 12.2 Å². The normalized spacial score (nSPS) is 10.3. The molecule has 0 bridgehead atoms. The maximum atomic E-state index is 5.38. The van der Waals surface area contributed by atoms with Crippen LogP contribution < -0.4 is 0 Å². The van der Waals surface area contributed by atoms with Crippen LogP contribution in [0.3, 0.4) is 0 Å². The van der Waals surface area contributed by atoms with Gasteiger partial charge in [0.15, 0.2) is 0 Å². The molecule has 0 aromatic carbocycles. The molecule has 0 spiro atoms. The first-order valence-electron chi connectivity index (χ1n) is 5.36. The van der Waals surface area contributed by atoms with Crippen LogP contribution in [0.4, 0.5) is 0 Å². The summed E-state index contributed by atoms with van der Waals surface area (Å²) < 4.78 is 0. The molecule has 0 fully saturated rings. The molecule has 0 saturated heterocycles. The first kappa shape index (κ1) is 15.5. The lowest BCUT2D eigenvalue weighted by Gasteiger charge is -1.93. The molecule has 0 aliphatic heterocycles. The first-order valence-corrected chi connectivity index (χ1v) is 5.89. The van der Waals surface area contributed by atoms with Crippen LogP contribution in [0.5, 0.6) is 0 Å². The van der Waals surface area contributed by atoms with E-state index >= 15 is 0 Å².